The van der Waals surface area contributed by atoms with E-state index in [1.807, 2.05) is 30.3 Å². The smallest absolute Gasteiger partial charge is 0.266 e. The highest BCUT2D eigenvalue weighted by Gasteiger charge is 2.57. The summed E-state index contributed by atoms with van der Waals surface area (Å²) < 4.78 is 29.3. The predicted molar refractivity (Wildman–Crippen MR) is 123 cm³/mol. The minimum atomic E-state index is -2.20. The van der Waals surface area contributed by atoms with E-state index in [1.54, 1.807) is 0 Å². The SMILES string of the molecule is CC(C)(C)[Si](C)(C)OC1C2N=C(C(Cl)(Cl)Cl)O[C@H]2OC2COC(c3ccccc3)O[C@H]21. The summed E-state index contributed by atoms with van der Waals surface area (Å²) in [5.41, 5.74) is 0.933. The molecule has 4 rings (SSSR count). The summed E-state index contributed by atoms with van der Waals surface area (Å²) in [5.74, 6) is 0.00973. The first kappa shape index (κ1) is 23.8. The van der Waals surface area contributed by atoms with E-state index in [9.17, 15) is 0 Å². The number of ether oxygens (including phenoxy) is 4. The van der Waals surface area contributed by atoms with Gasteiger partial charge in [0.1, 0.15) is 24.4 Å². The second-order valence-corrected chi connectivity index (χ2v) is 16.6. The summed E-state index contributed by atoms with van der Waals surface area (Å²) in [6, 6.07) is 9.30. The molecule has 0 amide bonds. The molecule has 0 bridgehead atoms. The van der Waals surface area contributed by atoms with Gasteiger partial charge in [-0.15, -0.1) is 0 Å². The quantitative estimate of drug-likeness (QED) is 0.405. The Bertz CT molecular complexity index is 827. The lowest BCUT2D eigenvalue weighted by atomic mass is 9.96. The van der Waals surface area contributed by atoms with E-state index in [-0.39, 0.29) is 17.0 Å². The first-order valence-corrected chi connectivity index (χ1v) is 14.4. The Morgan fingerprint density at radius 3 is 2.35 bits per heavy atom. The largest absolute Gasteiger partial charge is 0.445 e. The monoisotopic (exact) mass is 507 g/mol. The summed E-state index contributed by atoms with van der Waals surface area (Å²) in [5, 5.41) is -0.0124. The minimum absolute atomic E-state index is 0.00973. The molecule has 172 valence electrons. The van der Waals surface area contributed by atoms with Crippen LogP contribution in [0.3, 0.4) is 0 Å². The predicted octanol–water partition coefficient (Wildman–Crippen LogP) is 5.38. The second-order valence-electron chi connectivity index (χ2n) is 9.60. The normalized spacial score (nSPS) is 33.9. The molecule has 6 nitrogen and oxygen atoms in total. The van der Waals surface area contributed by atoms with Crippen molar-refractivity contribution in [2.24, 2.45) is 4.99 Å². The van der Waals surface area contributed by atoms with E-state index in [1.165, 1.54) is 0 Å². The van der Waals surface area contributed by atoms with E-state index < -0.39 is 42.9 Å². The minimum Gasteiger partial charge on any atom is -0.445 e. The fourth-order valence-electron chi connectivity index (χ4n) is 3.64. The number of hydrogen-bond donors (Lipinski definition) is 0. The van der Waals surface area contributed by atoms with E-state index in [4.69, 9.17) is 58.2 Å². The van der Waals surface area contributed by atoms with Crippen LogP contribution in [0, 0.1) is 0 Å². The summed E-state index contributed by atoms with van der Waals surface area (Å²) >= 11 is 18.1. The molecule has 3 heterocycles. The maximum Gasteiger partial charge on any atom is 0.266 e. The lowest BCUT2D eigenvalue weighted by molar-refractivity contribution is -0.327. The molecule has 0 radical (unpaired) electrons. The van der Waals surface area contributed by atoms with Gasteiger partial charge in [0.15, 0.2) is 14.6 Å². The number of nitrogens with zero attached hydrogens (tertiary/aromatic N) is 1. The first-order chi connectivity index (χ1) is 14.4. The average molecular weight is 509 g/mol. The molecule has 3 aliphatic heterocycles. The topological polar surface area (TPSA) is 58.5 Å². The van der Waals surface area contributed by atoms with Gasteiger partial charge < -0.3 is 23.4 Å². The molecule has 10 heteroatoms. The van der Waals surface area contributed by atoms with Crippen LogP contribution in [0.4, 0.5) is 0 Å². The van der Waals surface area contributed by atoms with Gasteiger partial charge in [0.05, 0.1) is 6.61 Å². The number of benzene rings is 1. The van der Waals surface area contributed by atoms with Crippen LogP contribution in [0.15, 0.2) is 35.3 Å². The molecule has 6 atom stereocenters. The molecule has 1 aromatic carbocycles. The maximum atomic E-state index is 6.83. The molecule has 2 fully saturated rings. The molecule has 1 aromatic rings. The Hall–Kier alpha value is -0.383. The van der Waals surface area contributed by atoms with Crippen molar-refractivity contribution in [3.63, 3.8) is 0 Å². The van der Waals surface area contributed by atoms with Crippen LogP contribution in [0.2, 0.25) is 18.1 Å². The fourth-order valence-corrected chi connectivity index (χ4v) is 5.23. The van der Waals surface area contributed by atoms with Gasteiger partial charge in [0.25, 0.3) is 3.79 Å². The third kappa shape index (κ3) is 4.80. The van der Waals surface area contributed by atoms with Crippen molar-refractivity contribution in [2.45, 2.75) is 79.6 Å². The van der Waals surface area contributed by atoms with Crippen LogP contribution in [-0.4, -0.2) is 55.3 Å². The van der Waals surface area contributed by atoms with E-state index >= 15 is 0 Å². The Morgan fingerprint density at radius 1 is 1.06 bits per heavy atom. The maximum absolute atomic E-state index is 6.83. The van der Waals surface area contributed by atoms with Crippen LogP contribution >= 0.6 is 34.8 Å². The highest BCUT2D eigenvalue weighted by molar-refractivity contribution is 6.76. The highest BCUT2D eigenvalue weighted by Crippen LogP contribution is 2.45. The van der Waals surface area contributed by atoms with Gasteiger partial charge in [-0.1, -0.05) is 85.9 Å². The molecule has 31 heavy (non-hydrogen) atoms. The zero-order valence-corrected chi connectivity index (χ0v) is 21.4. The van der Waals surface area contributed by atoms with Crippen molar-refractivity contribution in [2.75, 3.05) is 6.61 Å². The Kier molecular flexibility index (Phi) is 6.47. The molecule has 0 spiro atoms. The van der Waals surface area contributed by atoms with Gasteiger partial charge in [-0.25, -0.2) is 4.99 Å². The van der Waals surface area contributed by atoms with Crippen molar-refractivity contribution in [1.82, 2.24) is 0 Å². The molecule has 4 unspecified atom stereocenters. The van der Waals surface area contributed by atoms with Gasteiger partial charge in [-0.3, -0.25) is 0 Å². The molecular formula is C21H28Cl3NO5Si. The zero-order chi connectivity index (χ0) is 22.6. The van der Waals surface area contributed by atoms with Crippen LogP contribution in [0.5, 0.6) is 0 Å². The number of alkyl halides is 3. The molecule has 2 saturated heterocycles. The highest BCUT2D eigenvalue weighted by atomic mass is 35.6. The molecule has 0 saturated carbocycles. The van der Waals surface area contributed by atoms with Crippen molar-refractivity contribution in [3.05, 3.63) is 35.9 Å². The van der Waals surface area contributed by atoms with E-state index in [0.29, 0.717) is 6.61 Å². The molecule has 0 aromatic heterocycles. The number of fused-ring (bicyclic) bond motifs is 2. The van der Waals surface area contributed by atoms with Gasteiger partial charge in [-0.05, 0) is 18.1 Å². The van der Waals surface area contributed by atoms with Crippen LogP contribution in [0.1, 0.15) is 32.6 Å². The van der Waals surface area contributed by atoms with Gasteiger partial charge in [0, 0.05) is 5.56 Å². The van der Waals surface area contributed by atoms with Crippen molar-refractivity contribution >= 4 is 49.0 Å². The Balaban J connectivity index is 1.66. The second kappa shape index (κ2) is 8.44. The van der Waals surface area contributed by atoms with Gasteiger partial charge in [-0.2, -0.15) is 0 Å². The Labute approximate surface area is 199 Å². The standard InChI is InChI=1S/C21H28Cl3NO5Si/c1-20(2,3)31(4,5)30-16-14-18(29-19(25-14)21(22,23)24)27-13-11-26-17(28-15(13)16)12-9-7-6-8-10-12/h6-10,13-18H,11H2,1-5H3/t13?,14?,15-,16?,17?,18-/m1/s1. The van der Waals surface area contributed by atoms with Gasteiger partial charge >= 0.3 is 0 Å². The zero-order valence-electron chi connectivity index (χ0n) is 18.2. The number of rotatable bonds is 3. The number of hydrogen-bond acceptors (Lipinski definition) is 6. The van der Waals surface area contributed by atoms with E-state index in [2.05, 4.69) is 38.9 Å². The lowest BCUT2D eigenvalue weighted by Gasteiger charge is -2.49. The van der Waals surface area contributed by atoms with Crippen molar-refractivity contribution < 1.29 is 23.4 Å². The third-order valence-corrected chi connectivity index (χ3v) is 11.3. The average Bonchev–Trinajstić information content (AvgIpc) is 3.12. The van der Waals surface area contributed by atoms with Crippen molar-refractivity contribution in [3.8, 4) is 0 Å². The number of halogens is 3. The van der Waals surface area contributed by atoms with E-state index in [0.717, 1.165) is 5.56 Å². The van der Waals surface area contributed by atoms with Crippen LogP contribution in [-0.2, 0) is 23.4 Å². The molecule has 0 aliphatic carbocycles. The lowest BCUT2D eigenvalue weighted by Crippen LogP contribution is -2.64. The van der Waals surface area contributed by atoms with Gasteiger partial charge in [0.2, 0.25) is 12.2 Å². The summed E-state index contributed by atoms with van der Waals surface area (Å²) in [4.78, 5) is 4.57. The number of aliphatic imine (C=N–C) groups is 1. The first-order valence-electron chi connectivity index (χ1n) is 10.3. The summed E-state index contributed by atoms with van der Waals surface area (Å²) in [6.45, 7) is 11.3. The summed E-state index contributed by atoms with van der Waals surface area (Å²) in [6.07, 6.45) is -2.46. The molecule has 3 aliphatic rings. The molecular weight excluding hydrogens is 481 g/mol. The van der Waals surface area contributed by atoms with Crippen LogP contribution in [0.25, 0.3) is 0 Å². The van der Waals surface area contributed by atoms with Crippen LogP contribution < -0.4 is 0 Å². The fraction of sp³-hybridized carbons (Fsp3) is 0.667. The van der Waals surface area contributed by atoms with Crippen molar-refractivity contribution in [1.29, 1.82) is 0 Å². The molecule has 0 N–H and O–H groups in total. The third-order valence-electron chi connectivity index (χ3n) is 6.35. The Morgan fingerprint density at radius 2 is 1.74 bits per heavy atom. The summed E-state index contributed by atoms with van der Waals surface area (Å²) in [7, 11) is -2.20.